The normalized spacial score (nSPS) is 39.1. The molecule has 0 aromatic heterocycles. The summed E-state index contributed by atoms with van der Waals surface area (Å²) in [4.78, 5) is 23.1. The number of aliphatic carboxylic acids is 1. The van der Waals surface area contributed by atoms with Gasteiger partial charge in [-0.05, 0) is 111 Å². The van der Waals surface area contributed by atoms with Gasteiger partial charge >= 0.3 is 5.97 Å². The first-order valence-corrected chi connectivity index (χ1v) is 14.4. The molecule has 0 bridgehead atoms. The van der Waals surface area contributed by atoms with Gasteiger partial charge in [0.05, 0.1) is 0 Å². The second-order valence-corrected chi connectivity index (χ2v) is 12.9. The van der Waals surface area contributed by atoms with Gasteiger partial charge < -0.3 is 15.2 Å². The van der Waals surface area contributed by atoms with Crippen molar-refractivity contribution in [1.29, 1.82) is 0 Å². The molecule has 5 heteroatoms. The summed E-state index contributed by atoms with van der Waals surface area (Å²) < 4.78 is 5.32. The molecule has 8 unspecified atom stereocenters. The Balaban J connectivity index is 1.39. The van der Waals surface area contributed by atoms with Crippen LogP contribution in [0.5, 0.6) is 0 Å². The molecule has 8 atom stereocenters. The number of carboxylic acids is 1. The van der Waals surface area contributed by atoms with Crippen LogP contribution in [0.2, 0.25) is 0 Å². The molecule has 3 fully saturated rings. The maximum absolute atomic E-state index is 12.4. The fourth-order valence-electron chi connectivity index (χ4n) is 9.21. The smallest absolute Gasteiger partial charge is 0.303 e. The Labute approximate surface area is 212 Å². The molecule has 4 aliphatic carbocycles. The van der Waals surface area contributed by atoms with Gasteiger partial charge in [-0.25, -0.2) is 0 Å². The molecule has 0 aromatic rings. The van der Waals surface area contributed by atoms with E-state index in [-0.39, 0.29) is 23.8 Å². The highest BCUT2D eigenvalue weighted by atomic mass is 16.5. The van der Waals surface area contributed by atoms with Gasteiger partial charge in [-0.2, -0.15) is 0 Å². The Morgan fingerprint density at radius 1 is 1.11 bits per heavy atom. The molecule has 198 valence electrons. The quantitative estimate of drug-likeness (QED) is 0.277. The van der Waals surface area contributed by atoms with E-state index in [1.54, 1.807) is 5.57 Å². The number of nitrogens with one attached hydrogen (secondary N) is 1. The van der Waals surface area contributed by atoms with E-state index in [1.807, 2.05) is 7.11 Å². The topological polar surface area (TPSA) is 75.6 Å². The average Bonchev–Trinajstić information content (AvgIpc) is 3.16. The van der Waals surface area contributed by atoms with E-state index in [1.165, 1.54) is 51.4 Å². The standard InChI is InChI=1S/C30H49NO4/c1-20(7-6-18-35-4)24-12-13-25-23-11-10-21-19-22(31-27(32)8-5-9-28(33)34)14-16-29(21,2)26(23)15-17-30(24,25)3/h10,20,22-26H,5-9,11-19H2,1-4H3,(H,31,32)(H,33,34). The van der Waals surface area contributed by atoms with Crippen LogP contribution in [-0.2, 0) is 14.3 Å². The van der Waals surface area contributed by atoms with Crippen LogP contribution in [0.1, 0.15) is 104 Å². The number of allylic oxidation sites excluding steroid dienone is 1. The number of carbonyl (C=O) groups is 2. The SMILES string of the molecule is COCCCC(C)C1CCC2C3CC=C4CC(NC(=O)CCCC(=O)O)CCC4(C)C3CCC12C. The highest BCUT2D eigenvalue weighted by Crippen LogP contribution is 2.67. The number of rotatable bonds is 10. The van der Waals surface area contributed by atoms with Gasteiger partial charge in [-0.3, -0.25) is 9.59 Å². The van der Waals surface area contributed by atoms with Crippen molar-refractivity contribution < 1.29 is 19.4 Å². The minimum Gasteiger partial charge on any atom is -0.481 e. The van der Waals surface area contributed by atoms with Crippen LogP contribution in [0.4, 0.5) is 0 Å². The fraction of sp³-hybridized carbons (Fsp3) is 0.867. The molecule has 4 rings (SSSR count). The molecule has 0 radical (unpaired) electrons. The molecule has 0 saturated heterocycles. The monoisotopic (exact) mass is 487 g/mol. The lowest BCUT2D eigenvalue weighted by molar-refractivity contribution is -0.137. The number of methoxy groups -OCH3 is 1. The van der Waals surface area contributed by atoms with Gasteiger partial charge in [0.25, 0.3) is 0 Å². The molecule has 0 aromatic carbocycles. The summed E-state index contributed by atoms with van der Waals surface area (Å²) >= 11 is 0. The second kappa shape index (κ2) is 10.9. The maximum Gasteiger partial charge on any atom is 0.303 e. The summed E-state index contributed by atoms with van der Waals surface area (Å²) in [7, 11) is 1.81. The number of fused-ring (bicyclic) bond motifs is 5. The summed E-state index contributed by atoms with van der Waals surface area (Å²) in [5.74, 6) is 3.30. The Bertz CT molecular complexity index is 808. The van der Waals surface area contributed by atoms with Crippen molar-refractivity contribution in [3.05, 3.63) is 11.6 Å². The largest absolute Gasteiger partial charge is 0.481 e. The van der Waals surface area contributed by atoms with Crippen LogP contribution >= 0.6 is 0 Å². The van der Waals surface area contributed by atoms with Crippen molar-refractivity contribution in [3.8, 4) is 0 Å². The molecule has 0 spiro atoms. The Kier molecular flexibility index (Phi) is 8.35. The summed E-state index contributed by atoms with van der Waals surface area (Å²) in [6, 6.07) is 0.209. The van der Waals surface area contributed by atoms with Crippen LogP contribution in [-0.4, -0.2) is 36.7 Å². The van der Waals surface area contributed by atoms with Crippen LogP contribution in [0, 0.1) is 40.4 Å². The third-order valence-corrected chi connectivity index (χ3v) is 11.0. The molecule has 4 aliphatic rings. The zero-order valence-corrected chi connectivity index (χ0v) is 22.6. The van der Waals surface area contributed by atoms with Crippen molar-refractivity contribution >= 4 is 11.9 Å². The summed E-state index contributed by atoms with van der Waals surface area (Å²) in [6.07, 6.45) is 15.8. The number of hydrogen-bond donors (Lipinski definition) is 2. The van der Waals surface area contributed by atoms with Gasteiger partial charge in [0, 0.05) is 32.6 Å². The number of hydrogen-bond acceptors (Lipinski definition) is 3. The van der Waals surface area contributed by atoms with Crippen LogP contribution in [0.3, 0.4) is 0 Å². The van der Waals surface area contributed by atoms with Gasteiger partial charge in [0.2, 0.25) is 5.91 Å². The number of ether oxygens (including phenoxy) is 1. The molecule has 3 saturated carbocycles. The predicted molar refractivity (Wildman–Crippen MR) is 139 cm³/mol. The first-order chi connectivity index (χ1) is 16.7. The van der Waals surface area contributed by atoms with Crippen molar-refractivity contribution in [2.24, 2.45) is 40.4 Å². The lowest BCUT2D eigenvalue weighted by Gasteiger charge is -2.58. The zero-order chi connectivity index (χ0) is 25.2. The van der Waals surface area contributed by atoms with E-state index >= 15 is 0 Å². The van der Waals surface area contributed by atoms with Crippen molar-refractivity contribution in [3.63, 3.8) is 0 Å². The Morgan fingerprint density at radius 3 is 2.66 bits per heavy atom. The molecule has 0 heterocycles. The molecular weight excluding hydrogens is 438 g/mol. The molecule has 35 heavy (non-hydrogen) atoms. The molecule has 5 nitrogen and oxygen atoms in total. The molecule has 0 aliphatic heterocycles. The lowest BCUT2D eigenvalue weighted by atomic mass is 9.47. The first-order valence-electron chi connectivity index (χ1n) is 14.4. The van der Waals surface area contributed by atoms with Crippen molar-refractivity contribution in [2.75, 3.05) is 13.7 Å². The summed E-state index contributed by atoms with van der Waals surface area (Å²) in [5, 5.41) is 12.0. The van der Waals surface area contributed by atoms with E-state index in [0.29, 0.717) is 18.3 Å². The van der Waals surface area contributed by atoms with E-state index in [9.17, 15) is 9.59 Å². The van der Waals surface area contributed by atoms with E-state index in [0.717, 1.165) is 49.0 Å². The highest BCUT2D eigenvalue weighted by molar-refractivity contribution is 5.77. The highest BCUT2D eigenvalue weighted by Gasteiger charge is 2.59. The summed E-state index contributed by atoms with van der Waals surface area (Å²) in [6.45, 7) is 8.55. The first kappa shape index (κ1) is 26.7. The lowest BCUT2D eigenvalue weighted by Crippen LogP contribution is -2.52. The van der Waals surface area contributed by atoms with Gasteiger partial charge in [0.15, 0.2) is 0 Å². The molecule has 1 amide bonds. The van der Waals surface area contributed by atoms with Crippen molar-refractivity contribution in [1.82, 2.24) is 5.32 Å². The number of carbonyl (C=O) groups excluding carboxylic acids is 1. The summed E-state index contributed by atoms with van der Waals surface area (Å²) in [5.41, 5.74) is 2.37. The van der Waals surface area contributed by atoms with Crippen LogP contribution in [0.25, 0.3) is 0 Å². The molecule has 2 N–H and O–H groups in total. The van der Waals surface area contributed by atoms with Gasteiger partial charge in [-0.1, -0.05) is 32.4 Å². The third kappa shape index (κ3) is 5.36. The number of carboxylic acid groups (broad SMARTS) is 1. The maximum atomic E-state index is 12.4. The van der Waals surface area contributed by atoms with Crippen molar-refractivity contribution in [2.45, 2.75) is 110 Å². The van der Waals surface area contributed by atoms with Crippen LogP contribution in [0.15, 0.2) is 11.6 Å². The van der Waals surface area contributed by atoms with Gasteiger partial charge in [-0.15, -0.1) is 0 Å². The minimum absolute atomic E-state index is 0.0131. The predicted octanol–water partition coefficient (Wildman–Crippen LogP) is 6.37. The van der Waals surface area contributed by atoms with E-state index < -0.39 is 5.97 Å². The Morgan fingerprint density at radius 2 is 1.91 bits per heavy atom. The van der Waals surface area contributed by atoms with Crippen LogP contribution < -0.4 is 5.32 Å². The van der Waals surface area contributed by atoms with Gasteiger partial charge in [0.1, 0.15) is 0 Å². The second-order valence-electron chi connectivity index (χ2n) is 12.9. The van der Waals surface area contributed by atoms with E-state index in [2.05, 4.69) is 32.2 Å². The fourth-order valence-corrected chi connectivity index (χ4v) is 9.21. The minimum atomic E-state index is -0.828. The Hall–Kier alpha value is -1.36. The zero-order valence-electron chi connectivity index (χ0n) is 22.6. The third-order valence-electron chi connectivity index (χ3n) is 11.0. The molecular formula is C30H49NO4. The average molecular weight is 488 g/mol. The van der Waals surface area contributed by atoms with E-state index in [4.69, 9.17) is 9.84 Å². The number of amides is 1.